The molecule has 0 aliphatic rings. The molecule has 2 N–H and O–H groups in total. The van der Waals surface area contributed by atoms with Gasteiger partial charge in [0.2, 0.25) is 0 Å². The van der Waals surface area contributed by atoms with Gasteiger partial charge in [0.1, 0.15) is 4.32 Å². The SMILES string of the molecule is NC(=S)Sc1cccc(Cl)c1Cl. The standard InChI is InChI=1S/C7H5Cl2NS2/c8-4-2-1-3-5(6(4)9)12-7(10)11/h1-3H,(H2,10,11). The fourth-order valence-electron chi connectivity index (χ4n) is 0.671. The van der Waals surface area contributed by atoms with Gasteiger partial charge in [0.15, 0.2) is 0 Å². The second-order valence-corrected chi connectivity index (χ2v) is 4.54. The summed E-state index contributed by atoms with van der Waals surface area (Å²) in [6.45, 7) is 0. The number of thioether (sulfide) groups is 1. The van der Waals surface area contributed by atoms with Crippen molar-refractivity contribution in [3.63, 3.8) is 0 Å². The Kier molecular flexibility index (Phi) is 3.65. The number of benzene rings is 1. The number of hydrogen-bond donors (Lipinski definition) is 1. The van der Waals surface area contributed by atoms with E-state index in [0.29, 0.717) is 14.4 Å². The minimum absolute atomic E-state index is 0.333. The molecule has 0 radical (unpaired) electrons. The van der Waals surface area contributed by atoms with Crippen LogP contribution in [0, 0.1) is 0 Å². The van der Waals surface area contributed by atoms with E-state index < -0.39 is 0 Å². The molecule has 1 rings (SSSR count). The lowest BCUT2D eigenvalue weighted by atomic mass is 10.4. The van der Waals surface area contributed by atoms with Crippen molar-refractivity contribution >= 4 is 51.5 Å². The van der Waals surface area contributed by atoms with Crippen molar-refractivity contribution in [2.75, 3.05) is 0 Å². The summed E-state index contributed by atoms with van der Waals surface area (Å²) in [7, 11) is 0. The lowest BCUT2D eigenvalue weighted by molar-refractivity contribution is 1.47. The Morgan fingerprint density at radius 1 is 1.42 bits per heavy atom. The second-order valence-electron chi connectivity index (χ2n) is 1.97. The fraction of sp³-hybridized carbons (Fsp3) is 0. The monoisotopic (exact) mass is 237 g/mol. The zero-order valence-electron chi connectivity index (χ0n) is 5.88. The van der Waals surface area contributed by atoms with Crippen LogP contribution in [0.1, 0.15) is 0 Å². The first-order valence-electron chi connectivity index (χ1n) is 3.02. The predicted octanol–water partition coefficient (Wildman–Crippen LogP) is 3.33. The second kappa shape index (κ2) is 4.33. The van der Waals surface area contributed by atoms with Crippen LogP contribution >= 0.6 is 47.2 Å². The van der Waals surface area contributed by atoms with E-state index in [1.807, 2.05) is 6.07 Å². The number of hydrogen-bond acceptors (Lipinski definition) is 2. The summed E-state index contributed by atoms with van der Waals surface area (Å²) < 4.78 is 0.333. The van der Waals surface area contributed by atoms with E-state index in [-0.39, 0.29) is 0 Å². The van der Waals surface area contributed by atoms with E-state index in [2.05, 4.69) is 0 Å². The zero-order chi connectivity index (χ0) is 9.14. The molecule has 0 aliphatic heterocycles. The van der Waals surface area contributed by atoms with Gasteiger partial charge in [0, 0.05) is 4.90 Å². The Bertz CT molecular complexity index is 314. The van der Waals surface area contributed by atoms with Crippen molar-refractivity contribution in [3.8, 4) is 0 Å². The number of halogens is 2. The molecule has 0 unspecified atom stereocenters. The molecule has 1 nitrogen and oxygen atoms in total. The molecule has 64 valence electrons. The van der Waals surface area contributed by atoms with Gasteiger partial charge in [0.25, 0.3) is 0 Å². The molecule has 1 aromatic carbocycles. The highest BCUT2D eigenvalue weighted by molar-refractivity contribution is 8.23. The average Bonchev–Trinajstić information content (AvgIpc) is 1.98. The van der Waals surface area contributed by atoms with Crippen molar-refractivity contribution in [3.05, 3.63) is 28.2 Å². The third kappa shape index (κ3) is 2.52. The Morgan fingerprint density at radius 3 is 2.67 bits per heavy atom. The fourth-order valence-corrected chi connectivity index (χ4v) is 1.98. The Hall–Kier alpha value is 0.0400. The third-order valence-electron chi connectivity index (χ3n) is 1.13. The Balaban J connectivity index is 3.00. The molecule has 0 saturated carbocycles. The molecule has 0 bridgehead atoms. The van der Waals surface area contributed by atoms with E-state index >= 15 is 0 Å². The summed E-state index contributed by atoms with van der Waals surface area (Å²) in [6.07, 6.45) is 0. The lowest BCUT2D eigenvalue weighted by Crippen LogP contribution is -2.01. The van der Waals surface area contributed by atoms with Crippen LogP contribution in [0.5, 0.6) is 0 Å². The molecule has 1 aromatic rings. The molecule has 0 saturated heterocycles. The maximum Gasteiger partial charge on any atom is 0.136 e. The van der Waals surface area contributed by atoms with Crippen molar-refractivity contribution in [2.24, 2.45) is 5.73 Å². The van der Waals surface area contributed by atoms with Gasteiger partial charge in [-0.2, -0.15) is 0 Å². The molecule has 0 heterocycles. The average molecular weight is 238 g/mol. The van der Waals surface area contributed by atoms with Gasteiger partial charge in [-0.3, -0.25) is 0 Å². The summed E-state index contributed by atoms with van der Waals surface area (Å²) >= 11 is 17.6. The van der Waals surface area contributed by atoms with Crippen LogP contribution < -0.4 is 5.73 Å². The third-order valence-corrected chi connectivity index (χ3v) is 3.07. The van der Waals surface area contributed by atoms with Crippen LogP contribution in [0.4, 0.5) is 0 Å². The van der Waals surface area contributed by atoms with Crippen molar-refractivity contribution < 1.29 is 0 Å². The minimum Gasteiger partial charge on any atom is -0.384 e. The normalized spacial score (nSPS) is 9.83. The molecule has 0 atom stereocenters. The lowest BCUT2D eigenvalue weighted by Gasteiger charge is -2.02. The maximum absolute atomic E-state index is 5.87. The van der Waals surface area contributed by atoms with Crippen LogP contribution in [0.3, 0.4) is 0 Å². The minimum atomic E-state index is 0.333. The van der Waals surface area contributed by atoms with Crippen molar-refractivity contribution in [2.45, 2.75) is 4.90 Å². The van der Waals surface area contributed by atoms with Crippen molar-refractivity contribution in [1.29, 1.82) is 0 Å². The summed E-state index contributed by atoms with van der Waals surface area (Å²) in [5, 5.41) is 1.01. The predicted molar refractivity (Wildman–Crippen MR) is 59.1 cm³/mol. The summed E-state index contributed by atoms with van der Waals surface area (Å²) in [5.41, 5.74) is 5.34. The molecule has 0 fully saturated rings. The molecule has 0 aliphatic carbocycles. The molecule has 5 heteroatoms. The smallest absolute Gasteiger partial charge is 0.136 e. The molecular formula is C7H5Cl2NS2. The van der Waals surface area contributed by atoms with Gasteiger partial charge in [-0.25, -0.2) is 0 Å². The number of rotatable bonds is 1. The first-order valence-corrected chi connectivity index (χ1v) is 5.00. The van der Waals surface area contributed by atoms with E-state index in [1.165, 1.54) is 11.8 Å². The maximum atomic E-state index is 5.87. The van der Waals surface area contributed by atoms with Crippen LogP contribution in [-0.2, 0) is 0 Å². The quantitative estimate of drug-likeness (QED) is 0.600. The first kappa shape index (κ1) is 10.1. The molecule has 12 heavy (non-hydrogen) atoms. The van der Waals surface area contributed by atoms with E-state index in [4.69, 9.17) is 41.2 Å². The number of thiocarbonyl (C=S) groups is 1. The Morgan fingerprint density at radius 2 is 2.08 bits per heavy atom. The summed E-state index contributed by atoms with van der Waals surface area (Å²) in [6, 6.07) is 5.33. The van der Waals surface area contributed by atoms with Gasteiger partial charge in [0.05, 0.1) is 10.0 Å². The highest BCUT2D eigenvalue weighted by atomic mass is 35.5. The first-order chi connectivity index (χ1) is 5.61. The van der Waals surface area contributed by atoms with Crippen LogP contribution in [0.15, 0.2) is 23.1 Å². The highest BCUT2D eigenvalue weighted by Crippen LogP contribution is 2.32. The van der Waals surface area contributed by atoms with Crippen LogP contribution in [0.25, 0.3) is 0 Å². The van der Waals surface area contributed by atoms with Gasteiger partial charge in [-0.05, 0) is 12.1 Å². The van der Waals surface area contributed by atoms with Gasteiger partial charge in [-0.1, -0.05) is 53.2 Å². The Labute approximate surface area is 90.2 Å². The number of nitrogens with two attached hydrogens (primary N) is 1. The van der Waals surface area contributed by atoms with E-state index in [9.17, 15) is 0 Å². The summed E-state index contributed by atoms with van der Waals surface area (Å²) in [4.78, 5) is 0.789. The van der Waals surface area contributed by atoms with Crippen molar-refractivity contribution in [1.82, 2.24) is 0 Å². The molecule has 0 spiro atoms. The highest BCUT2D eigenvalue weighted by Gasteiger charge is 2.05. The van der Waals surface area contributed by atoms with Gasteiger partial charge in [-0.15, -0.1) is 0 Å². The zero-order valence-corrected chi connectivity index (χ0v) is 9.03. The van der Waals surface area contributed by atoms with E-state index in [1.54, 1.807) is 12.1 Å². The van der Waals surface area contributed by atoms with Gasteiger partial charge >= 0.3 is 0 Å². The van der Waals surface area contributed by atoms with E-state index in [0.717, 1.165) is 4.90 Å². The van der Waals surface area contributed by atoms with Gasteiger partial charge < -0.3 is 5.73 Å². The molecule has 0 aromatic heterocycles. The largest absolute Gasteiger partial charge is 0.384 e. The molecular weight excluding hydrogens is 233 g/mol. The van der Waals surface area contributed by atoms with Crippen LogP contribution in [-0.4, -0.2) is 4.32 Å². The topological polar surface area (TPSA) is 26.0 Å². The van der Waals surface area contributed by atoms with Crippen LogP contribution in [0.2, 0.25) is 10.0 Å². The molecule has 0 amide bonds. The summed E-state index contributed by atoms with van der Waals surface area (Å²) in [5.74, 6) is 0.